The molecule has 0 fully saturated rings. The number of hydrazone groups is 1. The molecule has 3 N–H and O–H groups in total. The maximum Gasteiger partial charge on any atom is 0.150 e. The number of hydrazine groups is 2. The van der Waals surface area contributed by atoms with E-state index in [2.05, 4.69) is 20.6 Å². The molecule has 15 heavy (non-hydrogen) atoms. The molecule has 0 unspecified atom stereocenters. The van der Waals surface area contributed by atoms with Crippen molar-refractivity contribution < 1.29 is 0 Å². The van der Waals surface area contributed by atoms with Crippen LogP contribution in [0.15, 0.2) is 41.8 Å². The van der Waals surface area contributed by atoms with Gasteiger partial charge in [-0.2, -0.15) is 10.7 Å². The first kappa shape index (κ1) is 7.98. The summed E-state index contributed by atoms with van der Waals surface area (Å²) in [4.78, 5) is 6.21. The zero-order chi connectivity index (χ0) is 10.1. The third kappa shape index (κ3) is 1.23. The highest BCUT2D eigenvalue weighted by atomic mass is 15.9. The second kappa shape index (κ2) is 3.09. The van der Waals surface area contributed by atoms with Crippen LogP contribution in [0.4, 0.5) is 11.6 Å². The number of aromatic nitrogens is 2. The second-order valence-corrected chi connectivity index (χ2v) is 3.11. The van der Waals surface area contributed by atoms with E-state index in [9.17, 15) is 0 Å². The SMILES string of the molecule is C1=NNN(c2ccc[nH]2)N1c1ccc[nH]1. The number of anilines is 2. The first-order valence-electron chi connectivity index (χ1n) is 4.60. The van der Waals surface area contributed by atoms with Gasteiger partial charge in [-0.15, -0.1) is 5.10 Å². The predicted molar refractivity (Wildman–Crippen MR) is 58.2 cm³/mol. The summed E-state index contributed by atoms with van der Waals surface area (Å²) in [5.74, 6) is 1.86. The molecule has 0 amide bonds. The van der Waals surface area contributed by atoms with Gasteiger partial charge in [-0.1, -0.05) is 0 Å². The molecule has 0 atom stereocenters. The lowest BCUT2D eigenvalue weighted by molar-refractivity contribution is 0.710. The zero-order valence-corrected chi connectivity index (χ0v) is 7.88. The molecule has 0 aliphatic carbocycles. The van der Waals surface area contributed by atoms with Crippen LogP contribution in [0.3, 0.4) is 0 Å². The summed E-state index contributed by atoms with van der Waals surface area (Å²) in [5.41, 5.74) is 2.87. The maximum absolute atomic E-state index is 4.00. The van der Waals surface area contributed by atoms with Crippen molar-refractivity contribution in [3.05, 3.63) is 36.7 Å². The molecule has 6 heteroatoms. The van der Waals surface area contributed by atoms with Crippen LogP contribution in [0.5, 0.6) is 0 Å². The zero-order valence-electron chi connectivity index (χ0n) is 7.88. The Balaban J connectivity index is 1.92. The molecule has 1 aliphatic rings. The van der Waals surface area contributed by atoms with Crippen LogP contribution in [0.25, 0.3) is 0 Å². The van der Waals surface area contributed by atoms with E-state index in [-0.39, 0.29) is 0 Å². The van der Waals surface area contributed by atoms with Crippen LogP contribution >= 0.6 is 0 Å². The fourth-order valence-electron chi connectivity index (χ4n) is 1.49. The van der Waals surface area contributed by atoms with E-state index in [1.165, 1.54) is 0 Å². The summed E-state index contributed by atoms with van der Waals surface area (Å²) in [5, 5.41) is 7.66. The van der Waals surface area contributed by atoms with E-state index in [1.54, 1.807) is 11.5 Å². The molecule has 0 saturated carbocycles. The number of nitrogens with one attached hydrogen (secondary N) is 3. The highest BCUT2D eigenvalue weighted by Gasteiger charge is 2.20. The largest absolute Gasteiger partial charge is 0.347 e. The van der Waals surface area contributed by atoms with Crippen molar-refractivity contribution in [2.45, 2.75) is 0 Å². The van der Waals surface area contributed by atoms with Gasteiger partial charge in [-0.25, -0.2) is 5.01 Å². The fourth-order valence-corrected chi connectivity index (χ4v) is 1.49. The second-order valence-electron chi connectivity index (χ2n) is 3.11. The van der Waals surface area contributed by atoms with Gasteiger partial charge in [0.1, 0.15) is 18.0 Å². The molecule has 3 rings (SSSR count). The van der Waals surface area contributed by atoms with Crippen molar-refractivity contribution in [1.29, 1.82) is 0 Å². The van der Waals surface area contributed by atoms with Crippen molar-refractivity contribution in [3.63, 3.8) is 0 Å². The average molecular weight is 202 g/mol. The Kier molecular flexibility index (Phi) is 1.64. The third-order valence-electron chi connectivity index (χ3n) is 2.17. The summed E-state index contributed by atoms with van der Waals surface area (Å²) < 4.78 is 0. The molecule has 0 spiro atoms. The first-order valence-corrected chi connectivity index (χ1v) is 4.60. The number of rotatable bonds is 2. The van der Waals surface area contributed by atoms with Crippen molar-refractivity contribution in [1.82, 2.24) is 15.5 Å². The smallest absolute Gasteiger partial charge is 0.150 e. The minimum absolute atomic E-state index is 0.919. The van der Waals surface area contributed by atoms with Gasteiger partial charge < -0.3 is 9.97 Å². The van der Waals surface area contributed by atoms with Gasteiger partial charge >= 0.3 is 0 Å². The minimum Gasteiger partial charge on any atom is -0.347 e. The Bertz CT molecular complexity index is 443. The van der Waals surface area contributed by atoms with Gasteiger partial charge in [0.05, 0.1) is 0 Å². The molecule has 0 bridgehead atoms. The molecule has 0 radical (unpaired) electrons. The van der Waals surface area contributed by atoms with Crippen molar-refractivity contribution in [2.75, 3.05) is 10.1 Å². The molecule has 0 saturated heterocycles. The maximum atomic E-state index is 4.00. The lowest BCUT2D eigenvalue weighted by Gasteiger charge is -2.25. The van der Waals surface area contributed by atoms with E-state index in [0.29, 0.717) is 0 Å². The van der Waals surface area contributed by atoms with Gasteiger partial charge in [-0.05, 0) is 24.3 Å². The van der Waals surface area contributed by atoms with E-state index in [1.807, 2.05) is 41.7 Å². The topological polar surface area (TPSA) is 62.5 Å². The third-order valence-corrected chi connectivity index (χ3v) is 2.17. The standard InChI is InChI=1S/C9H10N6/c1-3-8(10-5-1)14-7-12-13-15(14)9-4-2-6-11-9/h1-7,10-11,13H. The lowest BCUT2D eigenvalue weighted by atomic mass is 10.6. The molecular formula is C9H10N6. The molecule has 0 aromatic carbocycles. The molecule has 76 valence electrons. The van der Waals surface area contributed by atoms with E-state index in [0.717, 1.165) is 11.6 Å². The molecular weight excluding hydrogens is 192 g/mol. The minimum atomic E-state index is 0.919. The van der Waals surface area contributed by atoms with E-state index >= 15 is 0 Å². The van der Waals surface area contributed by atoms with Crippen LogP contribution in [0, 0.1) is 0 Å². The van der Waals surface area contributed by atoms with Crippen LogP contribution in [-0.4, -0.2) is 16.3 Å². The van der Waals surface area contributed by atoms with Crippen LogP contribution in [-0.2, 0) is 0 Å². The lowest BCUT2D eigenvalue weighted by Crippen LogP contribution is -2.43. The van der Waals surface area contributed by atoms with E-state index in [4.69, 9.17) is 0 Å². The van der Waals surface area contributed by atoms with Crippen molar-refractivity contribution in [2.24, 2.45) is 5.10 Å². The fraction of sp³-hybridized carbons (Fsp3) is 0. The van der Waals surface area contributed by atoms with Gasteiger partial charge in [0.15, 0.2) is 0 Å². The van der Waals surface area contributed by atoms with Crippen molar-refractivity contribution in [3.8, 4) is 0 Å². The Morgan fingerprint density at radius 2 is 1.73 bits per heavy atom. The monoisotopic (exact) mass is 202 g/mol. The van der Waals surface area contributed by atoms with Crippen LogP contribution in [0.2, 0.25) is 0 Å². The number of hydrogen-bond acceptors (Lipinski definition) is 4. The summed E-state index contributed by atoms with van der Waals surface area (Å²) in [6.45, 7) is 0. The van der Waals surface area contributed by atoms with Gasteiger partial charge in [0.25, 0.3) is 0 Å². The van der Waals surface area contributed by atoms with Crippen LogP contribution < -0.4 is 15.7 Å². The Labute approximate surface area is 86.1 Å². The highest BCUT2D eigenvalue weighted by molar-refractivity contribution is 5.82. The Morgan fingerprint density at radius 1 is 1.00 bits per heavy atom. The predicted octanol–water partition coefficient (Wildman–Crippen LogP) is 1.03. The van der Waals surface area contributed by atoms with Gasteiger partial charge in [0, 0.05) is 12.4 Å². The van der Waals surface area contributed by atoms with Gasteiger partial charge in [-0.3, -0.25) is 0 Å². The number of nitrogens with zero attached hydrogens (tertiary/aromatic N) is 3. The summed E-state index contributed by atoms with van der Waals surface area (Å²) in [6, 6.07) is 7.79. The van der Waals surface area contributed by atoms with Gasteiger partial charge in [0.2, 0.25) is 0 Å². The number of H-pyrrole nitrogens is 2. The number of aromatic amines is 2. The highest BCUT2D eigenvalue weighted by Crippen LogP contribution is 2.18. The normalized spacial score (nSPS) is 14.7. The van der Waals surface area contributed by atoms with Crippen molar-refractivity contribution >= 4 is 18.0 Å². The van der Waals surface area contributed by atoms with Crippen LogP contribution in [0.1, 0.15) is 0 Å². The summed E-state index contributed by atoms with van der Waals surface area (Å²) in [6.07, 6.45) is 5.43. The molecule has 1 aliphatic heterocycles. The Morgan fingerprint density at radius 3 is 2.40 bits per heavy atom. The van der Waals surface area contributed by atoms with E-state index < -0.39 is 0 Å². The molecule has 6 nitrogen and oxygen atoms in total. The summed E-state index contributed by atoms with van der Waals surface area (Å²) >= 11 is 0. The molecule has 2 aromatic rings. The quantitative estimate of drug-likeness (QED) is 0.681. The number of hydrogen-bond donors (Lipinski definition) is 3. The molecule has 2 aromatic heterocycles. The molecule has 3 heterocycles. The Hall–Kier alpha value is -2.37. The average Bonchev–Trinajstić information content (AvgIpc) is 3.01. The first-order chi connectivity index (χ1) is 7.45. The summed E-state index contributed by atoms with van der Waals surface area (Å²) in [7, 11) is 0.